The van der Waals surface area contributed by atoms with Gasteiger partial charge in [0.05, 0.1) is 64.0 Å². The number of allylic oxidation sites excluding steroid dienone is 2. The van der Waals surface area contributed by atoms with Crippen molar-refractivity contribution in [3.05, 3.63) is 64.9 Å². The molecule has 15 heteroatoms. The number of rotatable bonds is 28. The van der Waals surface area contributed by atoms with Crippen molar-refractivity contribution in [3.63, 3.8) is 0 Å². The van der Waals surface area contributed by atoms with Crippen molar-refractivity contribution in [2.24, 2.45) is 5.41 Å². The van der Waals surface area contributed by atoms with E-state index in [1.807, 2.05) is 24.3 Å². The van der Waals surface area contributed by atoms with Gasteiger partial charge in [-0.15, -0.1) is 0 Å². The van der Waals surface area contributed by atoms with Gasteiger partial charge in [-0.2, -0.15) is 0 Å². The Bertz CT molecular complexity index is 1520. The second-order valence-corrected chi connectivity index (χ2v) is 14.5. The molecule has 0 aliphatic heterocycles. The average molecular weight is 768 g/mol. The number of nitrogens with one attached hydrogen (secondary N) is 4. The minimum Gasteiger partial charge on any atom is -0.423 e. The maximum atomic E-state index is 12.9. The Morgan fingerprint density at radius 1 is 0.818 bits per heavy atom. The highest BCUT2D eigenvalue weighted by atomic mass is 16.6. The molecule has 0 radical (unpaired) electrons. The first kappa shape index (κ1) is 45.7. The van der Waals surface area contributed by atoms with Crippen LogP contribution in [-0.4, -0.2) is 133 Å². The maximum Gasteiger partial charge on any atom is 0.488 e. The molecule has 0 bridgehead atoms. The van der Waals surface area contributed by atoms with E-state index < -0.39 is 7.12 Å². The minimum absolute atomic E-state index is 0.0242. The first-order chi connectivity index (χ1) is 26.4. The number of ketones is 1. The highest BCUT2D eigenvalue weighted by Gasteiger charge is 2.34. The van der Waals surface area contributed by atoms with Gasteiger partial charge in [0.25, 0.3) is 5.91 Å². The molecule has 0 fully saturated rings. The molecule has 2 aromatic rings. The van der Waals surface area contributed by atoms with Gasteiger partial charge >= 0.3 is 7.12 Å². The van der Waals surface area contributed by atoms with E-state index in [1.54, 1.807) is 39.2 Å². The molecular formula is C40H62BN5O9. The summed E-state index contributed by atoms with van der Waals surface area (Å²) in [7, 11) is 2.00. The lowest BCUT2D eigenvalue weighted by atomic mass is 9.75. The summed E-state index contributed by atoms with van der Waals surface area (Å²) in [5, 5.41) is 36.6. The molecule has 0 aromatic heterocycles. The second-order valence-electron chi connectivity index (χ2n) is 14.5. The van der Waals surface area contributed by atoms with E-state index in [4.69, 9.17) is 39.1 Å². The average Bonchev–Trinajstić information content (AvgIpc) is 3.12. The molecule has 55 heavy (non-hydrogen) atoms. The van der Waals surface area contributed by atoms with Gasteiger partial charge in [0.15, 0.2) is 5.78 Å². The molecule has 2 aromatic carbocycles. The Kier molecular flexibility index (Phi) is 20.6. The molecule has 14 nitrogen and oxygen atoms in total. The highest BCUT2D eigenvalue weighted by Crippen LogP contribution is 2.38. The topological polar surface area (TPSA) is 184 Å². The molecule has 6 N–H and O–H groups in total. The predicted octanol–water partition coefficient (Wildman–Crippen LogP) is 3.23. The molecule has 304 valence electrons. The summed E-state index contributed by atoms with van der Waals surface area (Å²) in [5.74, 6) is -0.141. The van der Waals surface area contributed by atoms with E-state index in [1.165, 1.54) is 4.90 Å². The Morgan fingerprint density at radius 3 is 1.89 bits per heavy atom. The zero-order valence-corrected chi connectivity index (χ0v) is 33.3. The quantitative estimate of drug-likeness (QED) is 0.0423. The van der Waals surface area contributed by atoms with Crippen molar-refractivity contribution in [1.82, 2.24) is 10.2 Å². The Labute approximate surface area is 326 Å². The highest BCUT2D eigenvalue weighted by molar-refractivity contribution is 6.58. The van der Waals surface area contributed by atoms with E-state index in [2.05, 4.69) is 29.8 Å². The predicted molar refractivity (Wildman–Crippen MR) is 216 cm³/mol. The number of carbonyl (C=O) groups excluding carboxylic acids is 2. The van der Waals surface area contributed by atoms with Crippen molar-refractivity contribution in [1.29, 1.82) is 5.41 Å². The van der Waals surface area contributed by atoms with Gasteiger partial charge < -0.3 is 60.0 Å². The fourth-order valence-electron chi connectivity index (χ4n) is 5.95. The summed E-state index contributed by atoms with van der Waals surface area (Å²) in [6.45, 7) is 12.9. The van der Waals surface area contributed by atoms with Crippen molar-refractivity contribution < 1.29 is 43.3 Å². The van der Waals surface area contributed by atoms with Gasteiger partial charge in [0.1, 0.15) is 0 Å². The summed E-state index contributed by atoms with van der Waals surface area (Å²) in [6.07, 6.45) is 2.66. The fourth-order valence-corrected chi connectivity index (χ4v) is 5.95. The third-order valence-corrected chi connectivity index (χ3v) is 8.72. The molecule has 0 unspecified atom stereocenters. The first-order valence-corrected chi connectivity index (χ1v) is 19.1. The van der Waals surface area contributed by atoms with Crippen LogP contribution in [0.4, 0.5) is 11.4 Å². The number of benzene rings is 2. The van der Waals surface area contributed by atoms with Crippen LogP contribution in [0.1, 0.15) is 62.4 Å². The van der Waals surface area contributed by atoms with Gasteiger partial charge in [-0.1, -0.05) is 38.1 Å². The standard InChI is InChI=1S/C40H62BN5O9/c1-30(42)38-36(27-40(2,3)28-37(38)47)45-33-12-13-34(39(48)46(4)5)35(26-33)44-15-7-17-52-19-21-54-23-25-55-24-22-53-20-18-51-16-6-14-43-29-31-8-10-32(11-9-31)41(49)50/h8-13,26,42-45,49-50H,6-7,14-25,27-29H2,1-5H3. The summed E-state index contributed by atoms with van der Waals surface area (Å²) in [6, 6.07) is 12.7. The number of ether oxygens (including phenoxy) is 5. The number of anilines is 2. The Hall–Kier alpha value is -3.67. The van der Waals surface area contributed by atoms with E-state index in [-0.39, 0.29) is 22.8 Å². The van der Waals surface area contributed by atoms with Crippen LogP contribution in [0.3, 0.4) is 0 Å². The molecule has 0 saturated carbocycles. The minimum atomic E-state index is -1.44. The van der Waals surface area contributed by atoms with Gasteiger partial charge in [-0.05, 0) is 67.4 Å². The molecule has 1 amide bonds. The van der Waals surface area contributed by atoms with Crippen LogP contribution >= 0.6 is 0 Å². The van der Waals surface area contributed by atoms with Crippen LogP contribution in [0, 0.1) is 10.8 Å². The van der Waals surface area contributed by atoms with E-state index in [0.717, 1.165) is 36.3 Å². The lowest BCUT2D eigenvalue weighted by Gasteiger charge is -2.32. The lowest BCUT2D eigenvalue weighted by molar-refractivity contribution is -0.117. The van der Waals surface area contributed by atoms with Gasteiger partial charge in [-0.25, -0.2) is 0 Å². The zero-order chi connectivity index (χ0) is 40.1. The normalized spacial score (nSPS) is 13.9. The number of Topliss-reactive ketones (excluding diaryl/α,β-unsaturated/α-hetero) is 1. The number of hydrogen-bond donors (Lipinski definition) is 6. The fraction of sp³-hybridized carbons (Fsp3) is 0.575. The van der Waals surface area contributed by atoms with Gasteiger partial charge in [-0.3, -0.25) is 9.59 Å². The van der Waals surface area contributed by atoms with Crippen molar-refractivity contribution in [2.45, 2.75) is 53.0 Å². The van der Waals surface area contributed by atoms with E-state index in [0.29, 0.717) is 114 Å². The van der Waals surface area contributed by atoms with Crippen LogP contribution in [0.5, 0.6) is 0 Å². The third-order valence-electron chi connectivity index (χ3n) is 8.72. The maximum absolute atomic E-state index is 12.9. The summed E-state index contributed by atoms with van der Waals surface area (Å²) in [4.78, 5) is 27.3. The van der Waals surface area contributed by atoms with Crippen LogP contribution in [0.2, 0.25) is 0 Å². The number of carbonyl (C=O) groups is 2. The van der Waals surface area contributed by atoms with Crippen LogP contribution in [0.15, 0.2) is 53.7 Å². The van der Waals surface area contributed by atoms with Gasteiger partial charge in [0, 0.05) is 69.6 Å². The molecule has 3 rings (SSSR count). The molecule has 0 spiro atoms. The molecule has 0 saturated heterocycles. The number of amides is 1. The largest absolute Gasteiger partial charge is 0.488 e. The van der Waals surface area contributed by atoms with Crippen LogP contribution in [0.25, 0.3) is 0 Å². The molecular weight excluding hydrogens is 705 g/mol. The van der Waals surface area contributed by atoms with E-state index in [9.17, 15) is 9.59 Å². The second kappa shape index (κ2) is 24.8. The summed E-state index contributed by atoms with van der Waals surface area (Å²) < 4.78 is 28.0. The molecule has 1 aliphatic rings. The third kappa shape index (κ3) is 17.3. The van der Waals surface area contributed by atoms with Crippen molar-refractivity contribution in [2.75, 3.05) is 104 Å². The first-order valence-electron chi connectivity index (χ1n) is 19.1. The molecule has 0 atom stereocenters. The van der Waals surface area contributed by atoms with Gasteiger partial charge in [0.2, 0.25) is 0 Å². The lowest BCUT2D eigenvalue weighted by Crippen LogP contribution is -2.30. The van der Waals surface area contributed by atoms with Crippen molar-refractivity contribution in [3.8, 4) is 0 Å². The Morgan fingerprint density at radius 2 is 1.36 bits per heavy atom. The van der Waals surface area contributed by atoms with Crippen LogP contribution in [-0.2, 0) is 35.0 Å². The Balaban J connectivity index is 1.19. The zero-order valence-electron chi connectivity index (χ0n) is 33.3. The number of nitrogens with zero attached hydrogens (tertiary/aromatic N) is 1. The smallest absolute Gasteiger partial charge is 0.423 e. The monoisotopic (exact) mass is 767 g/mol. The molecule has 0 heterocycles. The summed E-state index contributed by atoms with van der Waals surface area (Å²) in [5.41, 5.74) is 4.76. The van der Waals surface area contributed by atoms with E-state index >= 15 is 0 Å². The molecule has 1 aliphatic carbocycles. The summed E-state index contributed by atoms with van der Waals surface area (Å²) >= 11 is 0. The van der Waals surface area contributed by atoms with Crippen LogP contribution < -0.4 is 21.4 Å². The number of hydrogen-bond acceptors (Lipinski definition) is 13. The van der Waals surface area contributed by atoms with Crippen molar-refractivity contribution >= 4 is 41.4 Å². The SMILES string of the molecule is CC(=N)C1=C(Nc2ccc(C(=O)N(C)C)c(NCCCOCCOCCOCCOCCOCCCNCc3ccc(B(O)O)cc3)c2)CC(C)(C)CC1=O.